The van der Waals surface area contributed by atoms with Crippen molar-refractivity contribution < 1.29 is 4.74 Å². The molecule has 0 atom stereocenters. The zero-order chi connectivity index (χ0) is 17.9. The molecular formula is C20H20N4OS. The lowest BCUT2D eigenvalue weighted by atomic mass is 10.2. The molecule has 0 aliphatic carbocycles. The molecule has 0 spiro atoms. The molecular weight excluding hydrogens is 344 g/mol. The third kappa shape index (κ3) is 3.15. The highest BCUT2D eigenvalue weighted by Crippen LogP contribution is 2.34. The van der Waals surface area contributed by atoms with Crippen molar-refractivity contribution >= 4 is 27.5 Å². The Morgan fingerprint density at radius 2 is 1.92 bits per heavy atom. The maximum absolute atomic E-state index is 5.92. The Morgan fingerprint density at radius 3 is 2.69 bits per heavy atom. The van der Waals surface area contributed by atoms with Crippen LogP contribution in [0.1, 0.15) is 13.8 Å². The summed E-state index contributed by atoms with van der Waals surface area (Å²) in [6.45, 7) is 6.20. The van der Waals surface area contributed by atoms with Crippen LogP contribution in [0.2, 0.25) is 0 Å². The molecule has 0 bridgehead atoms. The minimum Gasteiger partial charge on any atom is -0.456 e. The average Bonchev–Trinajstić information content (AvgIpc) is 3.30. The highest BCUT2D eigenvalue weighted by molar-refractivity contribution is 7.14. The lowest BCUT2D eigenvalue weighted by Crippen LogP contribution is -2.21. The number of aromatic amines is 1. The minimum absolute atomic E-state index is 0.712. The smallest absolute Gasteiger partial charge is 0.185 e. The number of benzene rings is 1. The molecule has 0 unspecified atom stereocenters. The molecule has 3 heterocycles. The molecule has 0 aliphatic rings. The number of aromatic nitrogens is 3. The highest BCUT2D eigenvalue weighted by atomic mass is 32.1. The molecule has 0 amide bonds. The van der Waals surface area contributed by atoms with Gasteiger partial charge in [0.1, 0.15) is 17.1 Å². The average molecular weight is 364 g/mol. The predicted octanol–water partition coefficient (Wildman–Crippen LogP) is 5.32. The second-order valence-electron chi connectivity index (χ2n) is 5.87. The number of nitrogens with zero attached hydrogens (tertiary/aromatic N) is 3. The number of ether oxygens (including phenoxy) is 1. The van der Waals surface area contributed by atoms with Crippen molar-refractivity contribution in [3.05, 3.63) is 54.2 Å². The lowest BCUT2D eigenvalue weighted by molar-refractivity contribution is 0.481. The zero-order valence-electron chi connectivity index (χ0n) is 14.8. The molecule has 5 nitrogen and oxygen atoms in total. The summed E-state index contributed by atoms with van der Waals surface area (Å²) in [5.74, 6) is 1.51. The van der Waals surface area contributed by atoms with Crippen molar-refractivity contribution in [1.29, 1.82) is 0 Å². The fourth-order valence-electron chi connectivity index (χ4n) is 2.90. The molecule has 0 fully saturated rings. The normalized spacial score (nSPS) is 11.0. The first-order chi connectivity index (χ1) is 12.8. The fourth-order valence-corrected chi connectivity index (χ4v) is 3.86. The molecule has 1 aromatic carbocycles. The molecule has 26 heavy (non-hydrogen) atoms. The monoisotopic (exact) mass is 364 g/mol. The summed E-state index contributed by atoms with van der Waals surface area (Å²) in [6.07, 6.45) is 3.70. The van der Waals surface area contributed by atoms with Crippen LogP contribution in [-0.2, 0) is 0 Å². The molecule has 1 N–H and O–H groups in total. The van der Waals surface area contributed by atoms with Crippen LogP contribution in [0.15, 0.2) is 54.2 Å². The minimum atomic E-state index is 0.712. The van der Waals surface area contributed by atoms with Crippen LogP contribution in [0.3, 0.4) is 0 Å². The Balaban J connectivity index is 1.69. The molecule has 6 heteroatoms. The standard InChI is InChI=1S/C20H20N4OS/c1-3-24(4-2)20-23-18(13-26-20)17-12-22-19-16(17)10-15(11-21-19)25-14-8-6-5-7-9-14/h5-13H,3-4H2,1-2H3,(H,21,22). The topological polar surface area (TPSA) is 54.0 Å². The van der Waals surface area contributed by atoms with Gasteiger partial charge in [0.2, 0.25) is 0 Å². The van der Waals surface area contributed by atoms with Crippen LogP contribution in [0.4, 0.5) is 5.13 Å². The summed E-state index contributed by atoms with van der Waals surface area (Å²) < 4.78 is 5.92. The van der Waals surface area contributed by atoms with Gasteiger partial charge in [0.15, 0.2) is 5.13 Å². The Bertz CT molecular complexity index is 1010. The molecule has 132 valence electrons. The van der Waals surface area contributed by atoms with Gasteiger partial charge in [-0.25, -0.2) is 9.97 Å². The largest absolute Gasteiger partial charge is 0.456 e. The summed E-state index contributed by atoms with van der Waals surface area (Å²) in [6, 6.07) is 11.7. The van der Waals surface area contributed by atoms with Gasteiger partial charge in [0, 0.05) is 35.6 Å². The van der Waals surface area contributed by atoms with Gasteiger partial charge in [0.25, 0.3) is 0 Å². The van der Waals surface area contributed by atoms with Gasteiger partial charge in [-0.2, -0.15) is 0 Å². The van der Waals surface area contributed by atoms with Crippen molar-refractivity contribution in [3.63, 3.8) is 0 Å². The van der Waals surface area contributed by atoms with E-state index in [1.54, 1.807) is 17.5 Å². The number of pyridine rings is 1. The number of hydrogen-bond donors (Lipinski definition) is 1. The van der Waals surface area contributed by atoms with Crippen molar-refractivity contribution in [2.45, 2.75) is 13.8 Å². The van der Waals surface area contributed by atoms with Crippen LogP contribution in [0.5, 0.6) is 11.5 Å². The van der Waals surface area contributed by atoms with E-state index in [4.69, 9.17) is 9.72 Å². The number of H-pyrrole nitrogens is 1. The number of thiazole rings is 1. The van der Waals surface area contributed by atoms with E-state index in [2.05, 4.69) is 34.1 Å². The Labute approximate surface area is 156 Å². The first-order valence-electron chi connectivity index (χ1n) is 8.69. The van der Waals surface area contributed by atoms with Crippen LogP contribution < -0.4 is 9.64 Å². The van der Waals surface area contributed by atoms with Gasteiger partial charge in [-0.15, -0.1) is 11.3 Å². The lowest BCUT2D eigenvalue weighted by Gasteiger charge is -2.16. The number of hydrogen-bond acceptors (Lipinski definition) is 5. The quantitative estimate of drug-likeness (QED) is 0.503. The summed E-state index contributed by atoms with van der Waals surface area (Å²) in [5.41, 5.74) is 2.83. The number of rotatable bonds is 6. The maximum atomic E-state index is 5.92. The van der Waals surface area contributed by atoms with E-state index < -0.39 is 0 Å². The predicted molar refractivity (Wildman–Crippen MR) is 107 cm³/mol. The zero-order valence-corrected chi connectivity index (χ0v) is 15.6. The van der Waals surface area contributed by atoms with E-state index in [1.807, 2.05) is 42.6 Å². The van der Waals surface area contributed by atoms with E-state index in [1.165, 1.54) is 0 Å². The van der Waals surface area contributed by atoms with Gasteiger partial charge in [-0.05, 0) is 32.0 Å². The number of fused-ring (bicyclic) bond motifs is 1. The van der Waals surface area contributed by atoms with Crippen LogP contribution in [-0.4, -0.2) is 28.0 Å². The van der Waals surface area contributed by atoms with E-state index in [0.717, 1.165) is 46.3 Å². The van der Waals surface area contributed by atoms with Gasteiger partial charge in [-0.3, -0.25) is 0 Å². The van der Waals surface area contributed by atoms with Crippen LogP contribution in [0.25, 0.3) is 22.3 Å². The van der Waals surface area contributed by atoms with Crippen LogP contribution in [0, 0.1) is 0 Å². The first kappa shape index (κ1) is 16.6. The van der Waals surface area contributed by atoms with E-state index in [9.17, 15) is 0 Å². The van der Waals surface area contributed by atoms with E-state index in [0.29, 0.717) is 5.75 Å². The van der Waals surface area contributed by atoms with Crippen molar-refractivity contribution in [1.82, 2.24) is 15.0 Å². The Morgan fingerprint density at radius 1 is 1.12 bits per heavy atom. The Hall–Kier alpha value is -2.86. The summed E-state index contributed by atoms with van der Waals surface area (Å²) in [4.78, 5) is 14.8. The Kier molecular flexibility index (Phi) is 4.58. The molecule has 4 rings (SSSR count). The second-order valence-corrected chi connectivity index (χ2v) is 6.71. The van der Waals surface area contributed by atoms with E-state index in [-0.39, 0.29) is 0 Å². The SMILES string of the molecule is CCN(CC)c1nc(-c2c[nH]c3ncc(Oc4ccccc4)cc23)cs1. The fraction of sp³-hybridized carbons (Fsp3) is 0.200. The third-order valence-electron chi connectivity index (χ3n) is 4.29. The summed E-state index contributed by atoms with van der Waals surface area (Å²) >= 11 is 1.67. The maximum Gasteiger partial charge on any atom is 0.185 e. The third-order valence-corrected chi connectivity index (χ3v) is 5.19. The summed E-state index contributed by atoms with van der Waals surface area (Å²) in [5, 5.41) is 4.15. The molecule has 0 aliphatic heterocycles. The molecule has 0 radical (unpaired) electrons. The van der Waals surface area contributed by atoms with E-state index >= 15 is 0 Å². The number of nitrogens with one attached hydrogen (secondary N) is 1. The van der Waals surface area contributed by atoms with Crippen molar-refractivity contribution in [2.75, 3.05) is 18.0 Å². The second kappa shape index (κ2) is 7.17. The molecule has 3 aromatic heterocycles. The van der Waals surface area contributed by atoms with Crippen LogP contribution >= 0.6 is 11.3 Å². The molecule has 0 saturated carbocycles. The van der Waals surface area contributed by atoms with Gasteiger partial charge < -0.3 is 14.6 Å². The summed E-state index contributed by atoms with van der Waals surface area (Å²) in [7, 11) is 0. The number of para-hydroxylation sites is 1. The van der Waals surface area contributed by atoms with Crippen molar-refractivity contribution in [2.24, 2.45) is 0 Å². The first-order valence-corrected chi connectivity index (χ1v) is 9.57. The molecule has 0 saturated heterocycles. The highest BCUT2D eigenvalue weighted by Gasteiger charge is 2.14. The molecule has 4 aromatic rings. The van der Waals surface area contributed by atoms with Crippen molar-refractivity contribution in [3.8, 4) is 22.8 Å². The number of anilines is 1. The van der Waals surface area contributed by atoms with Gasteiger partial charge in [0.05, 0.1) is 11.9 Å². The van der Waals surface area contributed by atoms with Gasteiger partial charge >= 0.3 is 0 Å². The van der Waals surface area contributed by atoms with Gasteiger partial charge in [-0.1, -0.05) is 18.2 Å².